The summed E-state index contributed by atoms with van der Waals surface area (Å²) >= 11 is 0. The van der Waals surface area contributed by atoms with Crippen LogP contribution in [0.1, 0.15) is 42.4 Å². The third-order valence-electron chi connectivity index (χ3n) is 5.64. The topological polar surface area (TPSA) is 77.8 Å². The van der Waals surface area contributed by atoms with Crippen LogP contribution in [-0.2, 0) is 4.79 Å². The van der Waals surface area contributed by atoms with Crippen LogP contribution in [0.25, 0.3) is 5.57 Å². The van der Waals surface area contributed by atoms with Crippen molar-refractivity contribution < 1.29 is 24.5 Å². The van der Waals surface area contributed by atoms with Crippen LogP contribution in [0.3, 0.4) is 0 Å². The quantitative estimate of drug-likeness (QED) is 0.456. The van der Waals surface area contributed by atoms with Gasteiger partial charge in [-0.2, -0.15) is 0 Å². The standard InChI is InChI=1S/C27H29FO4/c1-17-5-3-4-6-24(17)27(20-9-11-21(28)12-10-20)25(18(2)19-7-8-19)14-13-22(29)15-23(30)16-26(31)32/h3-6,9-14,19,22-23,29-30H,2,7-8,15-16H2,1H3,(H,31,32)/b14-13+,27-25-/t22-,23-/m1/s1. The van der Waals surface area contributed by atoms with E-state index in [2.05, 4.69) is 6.58 Å². The predicted molar refractivity (Wildman–Crippen MR) is 123 cm³/mol. The van der Waals surface area contributed by atoms with Gasteiger partial charge in [-0.3, -0.25) is 4.79 Å². The molecular formula is C27H29FO4. The van der Waals surface area contributed by atoms with Gasteiger partial charge in [0.2, 0.25) is 0 Å². The molecule has 2 aromatic rings. The molecule has 4 nitrogen and oxygen atoms in total. The maximum absolute atomic E-state index is 13.6. The number of aliphatic hydroxyl groups excluding tert-OH is 2. The first kappa shape index (κ1) is 23.6. The molecule has 1 aliphatic carbocycles. The molecule has 3 rings (SSSR count). The fourth-order valence-electron chi connectivity index (χ4n) is 3.78. The number of halogens is 1. The van der Waals surface area contributed by atoms with Gasteiger partial charge < -0.3 is 15.3 Å². The number of rotatable bonds is 10. The lowest BCUT2D eigenvalue weighted by atomic mass is 9.86. The third-order valence-corrected chi connectivity index (χ3v) is 5.64. The summed E-state index contributed by atoms with van der Waals surface area (Å²) in [5, 5.41) is 29.1. The third kappa shape index (κ3) is 6.25. The zero-order valence-corrected chi connectivity index (χ0v) is 18.2. The van der Waals surface area contributed by atoms with E-state index in [4.69, 9.17) is 5.11 Å². The Morgan fingerprint density at radius 2 is 1.81 bits per heavy atom. The van der Waals surface area contributed by atoms with Crippen LogP contribution >= 0.6 is 0 Å². The summed E-state index contributed by atoms with van der Waals surface area (Å²) in [6.45, 7) is 6.33. The van der Waals surface area contributed by atoms with Gasteiger partial charge in [0.05, 0.1) is 18.6 Å². The molecule has 0 bridgehead atoms. The minimum absolute atomic E-state index is 0.0811. The van der Waals surface area contributed by atoms with E-state index in [1.807, 2.05) is 31.2 Å². The first-order valence-electron chi connectivity index (χ1n) is 10.8. The van der Waals surface area contributed by atoms with Crippen LogP contribution < -0.4 is 0 Å². The van der Waals surface area contributed by atoms with E-state index in [0.29, 0.717) is 5.92 Å². The van der Waals surface area contributed by atoms with Crippen molar-refractivity contribution in [3.05, 3.63) is 101 Å². The first-order chi connectivity index (χ1) is 15.3. The lowest BCUT2D eigenvalue weighted by molar-refractivity contribution is -0.139. The molecule has 32 heavy (non-hydrogen) atoms. The van der Waals surface area contributed by atoms with Crippen molar-refractivity contribution >= 4 is 11.5 Å². The fourth-order valence-corrected chi connectivity index (χ4v) is 3.78. The summed E-state index contributed by atoms with van der Waals surface area (Å²) in [7, 11) is 0. The monoisotopic (exact) mass is 436 g/mol. The first-order valence-corrected chi connectivity index (χ1v) is 10.8. The Morgan fingerprint density at radius 1 is 1.16 bits per heavy atom. The molecule has 0 spiro atoms. The maximum Gasteiger partial charge on any atom is 0.305 e. The maximum atomic E-state index is 13.6. The molecule has 1 aliphatic rings. The molecule has 1 saturated carbocycles. The molecule has 0 aromatic heterocycles. The lowest BCUT2D eigenvalue weighted by Gasteiger charge is -2.19. The van der Waals surface area contributed by atoms with Gasteiger partial charge in [-0.05, 0) is 71.2 Å². The summed E-state index contributed by atoms with van der Waals surface area (Å²) in [6, 6.07) is 14.2. The molecule has 0 unspecified atom stereocenters. The van der Waals surface area contributed by atoms with Gasteiger partial charge in [0.15, 0.2) is 0 Å². The second-order valence-corrected chi connectivity index (χ2v) is 8.32. The molecular weight excluding hydrogens is 407 g/mol. The van der Waals surface area contributed by atoms with Gasteiger partial charge in [0.1, 0.15) is 5.82 Å². The Hall–Kier alpha value is -3.02. The van der Waals surface area contributed by atoms with E-state index >= 15 is 0 Å². The molecule has 0 radical (unpaired) electrons. The van der Waals surface area contributed by atoms with Gasteiger partial charge in [-0.25, -0.2) is 4.39 Å². The van der Waals surface area contributed by atoms with Crippen LogP contribution in [0.5, 0.6) is 0 Å². The second-order valence-electron chi connectivity index (χ2n) is 8.32. The van der Waals surface area contributed by atoms with Crippen molar-refractivity contribution in [1.29, 1.82) is 0 Å². The van der Waals surface area contributed by atoms with Crippen LogP contribution in [0, 0.1) is 18.7 Å². The van der Waals surface area contributed by atoms with Crippen molar-refractivity contribution in [3.8, 4) is 0 Å². The molecule has 2 aromatic carbocycles. The van der Waals surface area contributed by atoms with E-state index in [1.165, 1.54) is 12.1 Å². The molecule has 168 valence electrons. The zero-order valence-electron chi connectivity index (χ0n) is 18.2. The highest BCUT2D eigenvalue weighted by Gasteiger charge is 2.28. The van der Waals surface area contributed by atoms with E-state index in [1.54, 1.807) is 24.3 Å². The van der Waals surface area contributed by atoms with Crippen LogP contribution in [0.2, 0.25) is 0 Å². The second kappa shape index (κ2) is 10.5. The molecule has 1 fully saturated rings. The fraction of sp³-hybridized carbons (Fsp3) is 0.296. The van der Waals surface area contributed by atoms with Gasteiger partial charge in [-0.1, -0.05) is 55.1 Å². The van der Waals surface area contributed by atoms with Crippen molar-refractivity contribution in [3.63, 3.8) is 0 Å². The normalized spacial score (nSPS) is 16.5. The van der Waals surface area contributed by atoms with Crippen molar-refractivity contribution in [1.82, 2.24) is 0 Å². The van der Waals surface area contributed by atoms with Gasteiger partial charge in [0, 0.05) is 6.42 Å². The van der Waals surface area contributed by atoms with E-state index in [9.17, 15) is 19.4 Å². The zero-order chi connectivity index (χ0) is 23.3. The van der Waals surface area contributed by atoms with E-state index in [-0.39, 0.29) is 12.2 Å². The lowest BCUT2D eigenvalue weighted by Crippen LogP contribution is -2.19. The Morgan fingerprint density at radius 3 is 2.41 bits per heavy atom. The SMILES string of the molecule is C=C(C(/C=C/[C@@H](O)C[C@@H](O)CC(=O)O)=C(/c1ccc(F)cc1)c1ccccc1C)C1CC1. The summed E-state index contributed by atoms with van der Waals surface area (Å²) in [6.07, 6.45) is 2.78. The van der Waals surface area contributed by atoms with E-state index < -0.39 is 24.6 Å². The van der Waals surface area contributed by atoms with Gasteiger partial charge in [0.25, 0.3) is 0 Å². The number of benzene rings is 2. The highest BCUT2D eigenvalue weighted by molar-refractivity contribution is 5.87. The molecule has 3 N–H and O–H groups in total. The minimum atomic E-state index is -1.14. The number of carboxylic acids is 1. The Bertz CT molecular complexity index is 1030. The van der Waals surface area contributed by atoms with E-state index in [0.717, 1.165) is 46.3 Å². The molecule has 5 heteroatoms. The number of aryl methyl sites for hydroxylation is 1. The van der Waals surface area contributed by atoms with Gasteiger partial charge >= 0.3 is 5.97 Å². The summed E-state index contributed by atoms with van der Waals surface area (Å²) < 4.78 is 13.6. The largest absolute Gasteiger partial charge is 0.481 e. The van der Waals surface area contributed by atoms with Crippen molar-refractivity contribution in [2.24, 2.45) is 5.92 Å². The van der Waals surface area contributed by atoms with Crippen LogP contribution in [-0.4, -0.2) is 33.5 Å². The number of hydrogen-bond acceptors (Lipinski definition) is 3. The van der Waals surface area contributed by atoms with Gasteiger partial charge in [-0.15, -0.1) is 0 Å². The summed E-state index contributed by atoms with van der Waals surface area (Å²) in [5.41, 5.74) is 5.57. The highest BCUT2D eigenvalue weighted by atomic mass is 19.1. The number of carboxylic acid groups (broad SMARTS) is 1. The number of allylic oxidation sites excluding steroid dienone is 3. The van der Waals surface area contributed by atoms with Crippen LogP contribution in [0.15, 0.2) is 78.4 Å². The summed E-state index contributed by atoms with van der Waals surface area (Å²) in [5.74, 6) is -1.09. The van der Waals surface area contributed by atoms with Crippen LogP contribution in [0.4, 0.5) is 4.39 Å². The number of carbonyl (C=O) groups is 1. The predicted octanol–water partition coefficient (Wildman–Crippen LogP) is 5.05. The number of aliphatic carboxylic acids is 1. The molecule has 2 atom stereocenters. The minimum Gasteiger partial charge on any atom is -0.481 e. The average Bonchev–Trinajstić information content (AvgIpc) is 3.57. The highest BCUT2D eigenvalue weighted by Crippen LogP contribution is 2.43. The molecule has 0 heterocycles. The Balaban J connectivity index is 2.07. The number of hydrogen-bond donors (Lipinski definition) is 3. The Kier molecular flexibility index (Phi) is 7.78. The molecule has 0 saturated heterocycles. The average molecular weight is 437 g/mol. The molecule has 0 amide bonds. The molecule has 0 aliphatic heterocycles. The Labute approximate surface area is 188 Å². The smallest absolute Gasteiger partial charge is 0.305 e. The summed E-state index contributed by atoms with van der Waals surface area (Å²) in [4.78, 5) is 10.8. The van der Waals surface area contributed by atoms with Crippen molar-refractivity contribution in [2.45, 2.75) is 44.8 Å². The number of aliphatic hydroxyl groups is 2. The van der Waals surface area contributed by atoms with Crippen molar-refractivity contribution in [2.75, 3.05) is 0 Å².